The molecule has 0 saturated heterocycles. The Hall–Kier alpha value is -2.43. The van der Waals surface area contributed by atoms with E-state index in [2.05, 4.69) is 22.2 Å². The summed E-state index contributed by atoms with van der Waals surface area (Å²) in [6.45, 7) is 3.46. The monoisotopic (exact) mass is 284 g/mol. The van der Waals surface area contributed by atoms with E-state index in [9.17, 15) is 4.79 Å². The molecular formula is C16H20N4O. The van der Waals surface area contributed by atoms with Gasteiger partial charge >= 0.3 is 0 Å². The number of benzene rings is 1. The summed E-state index contributed by atoms with van der Waals surface area (Å²) in [6.07, 6.45) is 4.13. The van der Waals surface area contributed by atoms with E-state index in [1.807, 2.05) is 30.3 Å². The van der Waals surface area contributed by atoms with Crippen LogP contribution in [-0.2, 0) is 6.54 Å². The van der Waals surface area contributed by atoms with Crippen molar-refractivity contribution in [2.75, 3.05) is 18.9 Å². The number of hydrogen-bond donors (Lipinski definition) is 1. The van der Waals surface area contributed by atoms with E-state index in [0.29, 0.717) is 18.1 Å². The number of aromatic nitrogens is 2. The van der Waals surface area contributed by atoms with Crippen molar-refractivity contribution in [3.8, 4) is 0 Å². The maximum Gasteiger partial charge on any atom is 0.257 e. The van der Waals surface area contributed by atoms with Gasteiger partial charge in [0.25, 0.3) is 5.91 Å². The van der Waals surface area contributed by atoms with Gasteiger partial charge < -0.3 is 10.2 Å². The Morgan fingerprint density at radius 2 is 1.86 bits per heavy atom. The molecule has 0 bridgehead atoms. The Morgan fingerprint density at radius 1 is 1.19 bits per heavy atom. The van der Waals surface area contributed by atoms with Gasteiger partial charge in [-0.3, -0.25) is 4.79 Å². The number of amides is 1. The van der Waals surface area contributed by atoms with Crippen molar-refractivity contribution in [3.63, 3.8) is 0 Å². The third kappa shape index (κ3) is 4.27. The molecule has 1 amide bonds. The number of nitrogens with one attached hydrogen (secondary N) is 1. The molecule has 1 heterocycles. The van der Waals surface area contributed by atoms with Crippen LogP contribution in [0.2, 0.25) is 0 Å². The minimum atomic E-state index is -0.0825. The highest BCUT2D eigenvalue weighted by Gasteiger charge is 2.13. The molecule has 0 unspecified atom stereocenters. The quantitative estimate of drug-likeness (QED) is 0.885. The summed E-state index contributed by atoms with van der Waals surface area (Å²) in [5.41, 5.74) is 1.59. The molecule has 0 aliphatic carbocycles. The van der Waals surface area contributed by atoms with Crippen LogP contribution in [0.1, 0.15) is 29.3 Å². The maximum atomic E-state index is 12.3. The minimum absolute atomic E-state index is 0.0825. The van der Waals surface area contributed by atoms with Gasteiger partial charge in [0.15, 0.2) is 0 Å². The summed E-state index contributed by atoms with van der Waals surface area (Å²) < 4.78 is 0. The molecule has 1 N–H and O–H groups in total. The van der Waals surface area contributed by atoms with Crippen LogP contribution in [0.3, 0.4) is 0 Å². The Bertz CT molecular complexity index is 569. The highest BCUT2D eigenvalue weighted by molar-refractivity contribution is 5.93. The van der Waals surface area contributed by atoms with Gasteiger partial charge in [0.05, 0.1) is 5.56 Å². The second-order valence-corrected chi connectivity index (χ2v) is 4.87. The molecule has 0 atom stereocenters. The molecule has 21 heavy (non-hydrogen) atoms. The molecule has 0 aliphatic rings. The molecule has 0 saturated carbocycles. The summed E-state index contributed by atoms with van der Waals surface area (Å²) in [5.74, 6) is 0.472. The third-order valence-corrected chi connectivity index (χ3v) is 3.04. The lowest BCUT2D eigenvalue weighted by Crippen LogP contribution is -2.26. The summed E-state index contributed by atoms with van der Waals surface area (Å²) in [7, 11) is 1.78. The second kappa shape index (κ2) is 7.38. The van der Waals surface area contributed by atoms with Gasteiger partial charge in [-0.2, -0.15) is 0 Å². The van der Waals surface area contributed by atoms with Crippen molar-refractivity contribution < 1.29 is 4.79 Å². The fraction of sp³-hybridized carbons (Fsp3) is 0.312. The van der Waals surface area contributed by atoms with Gasteiger partial charge in [-0.05, 0) is 12.0 Å². The van der Waals surface area contributed by atoms with E-state index in [-0.39, 0.29) is 5.91 Å². The molecule has 5 heteroatoms. The number of nitrogens with zero attached hydrogens (tertiary/aromatic N) is 3. The average molecular weight is 284 g/mol. The predicted molar refractivity (Wildman–Crippen MR) is 83.1 cm³/mol. The summed E-state index contributed by atoms with van der Waals surface area (Å²) in [4.78, 5) is 22.3. The highest BCUT2D eigenvalue weighted by atomic mass is 16.2. The van der Waals surface area contributed by atoms with Crippen LogP contribution in [0.15, 0.2) is 42.7 Å². The number of carbonyl (C=O) groups excluding carboxylic acids is 1. The first-order valence-corrected chi connectivity index (χ1v) is 7.06. The minimum Gasteiger partial charge on any atom is -0.354 e. The summed E-state index contributed by atoms with van der Waals surface area (Å²) in [6, 6.07) is 9.88. The zero-order valence-corrected chi connectivity index (χ0v) is 12.4. The Kier molecular flexibility index (Phi) is 5.26. The SMILES string of the molecule is CCCNc1ncc(C(=O)N(C)Cc2ccccc2)cn1. The van der Waals surface area contributed by atoms with Gasteiger partial charge in [-0.25, -0.2) is 9.97 Å². The normalized spacial score (nSPS) is 10.2. The Balaban J connectivity index is 1.98. The molecule has 2 aromatic rings. The first-order valence-electron chi connectivity index (χ1n) is 7.06. The molecule has 1 aromatic heterocycles. The van der Waals surface area contributed by atoms with E-state index in [4.69, 9.17) is 0 Å². The molecular weight excluding hydrogens is 264 g/mol. The molecule has 110 valence electrons. The molecule has 0 radical (unpaired) electrons. The zero-order chi connectivity index (χ0) is 15.1. The number of carbonyl (C=O) groups is 1. The fourth-order valence-electron chi connectivity index (χ4n) is 1.92. The van der Waals surface area contributed by atoms with Crippen LogP contribution < -0.4 is 5.32 Å². The van der Waals surface area contributed by atoms with Crippen molar-refractivity contribution in [2.45, 2.75) is 19.9 Å². The summed E-state index contributed by atoms with van der Waals surface area (Å²) in [5, 5.41) is 3.08. The van der Waals surface area contributed by atoms with Crippen molar-refractivity contribution >= 4 is 11.9 Å². The topological polar surface area (TPSA) is 58.1 Å². The third-order valence-electron chi connectivity index (χ3n) is 3.04. The number of rotatable bonds is 6. The van der Waals surface area contributed by atoms with E-state index < -0.39 is 0 Å². The second-order valence-electron chi connectivity index (χ2n) is 4.87. The van der Waals surface area contributed by atoms with Crippen molar-refractivity contribution in [1.29, 1.82) is 0 Å². The molecule has 0 spiro atoms. The van der Waals surface area contributed by atoms with Crippen molar-refractivity contribution in [3.05, 3.63) is 53.9 Å². The molecule has 2 rings (SSSR count). The van der Waals surface area contributed by atoms with Gasteiger partial charge in [-0.1, -0.05) is 37.3 Å². The van der Waals surface area contributed by atoms with Gasteiger partial charge in [-0.15, -0.1) is 0 Å². The highest BCUT2D eigenvalue weighted by Crippen LogP contribution is 2.08. The van der Waals surface area contributed by atoms with Crippen LogP contribution >= 0.6 is 0 Å². The van der Waals surface area contributed by atoms with E-state index >= 15 is 0 Å². The van der Waals surface area contributed by atoms with E-state index in [0.717, 1.165) is 18.5 Å². The lowest BCUT2D eigenvalue weighted by molar-refractivity contribution is 0.0784. The molecule has 1 aromatic carbocycles. The standard InChI is InChI=1S/C16H20N4O/c1-3-9-17-16-18-10-14(11-19-16)15(21)20(2)12-13-7-5-4-6-8-13/h4-8,10-11H,3,9,12H2,1-2H3,(H,17,18,19). The molecule has 0 fully saturated rings. The van der Waals surface area contributed by atoms with Crippen molar-refractivity contribution in [1.82, 2.24) is 14.9 Å². The van der Waals surface area contributed by atoms with Crippen LogP contribution in [0.4, 0.5) is 5.95 Å². The molecule has 0 aliphatic heterocycles. The van der Waals surface area contributed by atoms with Crippen LogP contribution in [0.25, 0.3) is 0 Å². The number of hydrogen-bond acceptors (Lipinski definition) is 4. The fourth-order valence-corrected chi connectivity index (χ4v) is 1.92. The first kappa shape index (κ1) is 15.0. The van der Waals surface area contributed by atoms with E-state index in [1.165, 1.54) is 0 Å². The van der Waals surface area contributed by atoms with Gasteiger partial charge in [0.2, 0.25) is 5.95 Å². The predicted octanol–water partition coefficient (Wildman–Crippen LogP) is 2.57. The Labute approximate surface area is 125 Å². The summed E-state index contributed by atoms with van der Waals surface area (Å²) >= 11 is 0. The van der Waals surface area contributed by atoms with Gasteiger partial charge in [0, 0.05) is 32.5 Å². The Morgan fingerprint density at radius 3 is 2.48 bits per heavy atom. The maximum absolute atomic E-state index is 12.3. The zero-order valence-electron chi connectivity index (χ0n) is 12.4. The lowest BCUT2D eigenvalue weighted by Gasteiger charge is -2.17. The van der Waals surface area contributed by atoms with Crippen LogP contribution in [0.5, 0.6) is 0 Å². The van der Waals surface area contributed by atoms with Crippen molar-refractivity contribution in [2.24, 2.45) is 0 Å². The van der Waals surface area contributed by atoms with Gasteiger partial charge in [0.1, 0.15) is 0 Å². The average Bonchev–Trinajstić information content (AvgIpc) is 2.53. The largest absolute Gasteiger partial charge is 0.354 e. The first-order chi connectivity index (χ1) is 10.2. The molecule has 5 nitrogen and oxygen atoms in total. The lowest BCUT2D eigenvalue weighted by atomic mass is 10.2. The number of anilines is 1. The van der Waals surface area contributed by atoms with E-state index in [1.54, 1.807) is 24.3 Å². The van der Waals surface area contributed by atoms with Crippen LogP contribution in [-0.4, -0.2) is 34.4 Å². The smallest absolute Gasteiger partial charge is 0.257 e. The van der Waals surface area contributed by atoms with Crippen LogP contribution in [0, 0.1) is 0 Å².